The summed E-state index contributed by atoms with van der Waals surface area (Å²) in [5, 5.41) is 2.54. The van der Waals surface area contributed by atoms with E-state index in [2.05, 4.69) is 16.2 Å². The van der Waals surface area contributed by atoms with Crippen LogP contribution in [0.3, 0.4) is 0 Å². The first-order valence-electron chi connectivity index (χ1n) is 7.38. The molecule has 24 heavy (non-hydrogen) atoms. The van der Waals surface area contributed by atoms with Crippen LogP contribution >= 0.6 is 0 Å². The number of benzene rings is 1. The Kier molecular flexibility index (Phi) is 7.03. The summed E-state index contributed by atoms with van der Waals surface area (Å²) in [6.07, 6.45) is 0. The van der Waals surface area contributed by atoms with Gasteiger partial charge in [0.1, 0.15) is 17.5 Å². The number of carbonyl (C=O) groups is 3. The average molecular weight is 337 g/mol. The van der Waals surface area contributed by atoms with Crippen LogP contribution in [0.5, 0.6) is 11.5 Å². The molecule has 132 valence electrons. The molecule has 0 aliphatic heterocycles. The molecule has 1 aromatic rings. The van der Waals surface area contributed by atoms with Crippen LogP contribution in [-0.2, 0) is 9.59 Å². The molecule has 0 fully saturated rings. The third kappa shape index (κ3) is 5.45. The van der Waals surface area contributed by atoms with Gasteiger partial charge >= 0.3 is 0 Å². The fourth-order valence-corrected chi connectivity index (χ4v) is 1.96. The third-order valence-corrected chi connectivity index (χ3v) is 3.22. The van der Waals surface area contributed by atoms with E-state index >= 15 is 0 Å². The molecule has 8 heteroatoms. The molecule has 1 rings (SSSR count). The topological polar surface area (TPSA) is 106 Å². The van der Waals surface area contributed by atoms with Crippen molar-refractivity contribution in [1.29, 1.82) is 0 Å². The highest BCUT2D eigenvalue weighted by Gasteiger charge is 2.23. The van der Waals surface area contributed by atoms with Gasteiger partial charge in [0.05, 0.1) is 14.2 Å². The Morgan fingerprint density at radius 2 is 1.50 bits per heavy atom. The summed E-state index contributed by atoms with van der Waals surface area (Å²) in [6.45, 7) is 4.90. The summed E-state index contributed by atoms with van der Waals surface area (Å²) in [5.74, 6) is -0.613. The van der Waals surface area contributed by atoms with Crippen LogP contribution < -0.4 is 25.6 Å². The van der Waals surface area contributed by atoms with Crippen molar-refractivity contribution >= 4 is 17.7 Å². The van der Waals surface area contributed by atoms with Gasteiger partial charge in [0.25, 0.3) is 11.8 Å². The predicted molar refractivity (Wildman–Crippen MR) is 87.6 cm³/mol. The average Bonchev–Trinajstić information content (AvgIpc) is 2.56. The normalized spacial score (nSPS) is 11.4. The predicted octanol–water partition coefficient (Wildman–Crippen LogP) is 0.625. The lowest BCUT2D eigenvalue weighted by Crippen LogP contribution is -2.54. The molecule has 3 amide bonds. The Labute approximate surface area is 140 Å². The van der Waals surface area contributed by atoms with Gasteiger partial charge in [0.2, 0.25) is 5.91 Å². The Bertz CT molecular complexity index is 593. The molecule has 0 spiro atoms. The van der Waals surface area contributed by atoms with E-state index in [9.17, 15) is 14.4 Å². The zero-order chi connectivity index (χ0) is 18.3. The van der Waals surface area contributed by atoms with Crippen LogP contribution in [0, 0.1) is 5.92 Å². The first-order chi connectivity index (χ1) is 11.3. The van der Waals surface area contributed by atoms with Gasteiger partial charge in [0, 0.05) is 18.6 Å². The highest BCUT2D eigenvalue weighted by atomic mass is 16.5. The summed E-state index contributed by atoms with van der Waals surface area (Å²) < 4.78 is 10.2. The molecular formula is C16H23N3O5. The summed E-state index contributed by atoms with van der Waals surface area (Å²) in [4.78, 5) is 35.4. The largest absolute Gasteiger partial charge is 0.497 e. The second-order valence-electron chi connectivity index (χ2n) is 5.47. The van der Waals surface area contributed by atoms with E-state index < -0.39 is 17.9 Å². The zero-order valence-corrected chi connectivity index (χ0v) is 14.4. The quantitative estimate of drug-likeness (QED) is 0.660. The minimum Gasteiger partial charge on any atom is -0.497 e. The summed E-state index contributed by atoms with van der Waals surface area (Å²) in [5.41, 5.74) is 4.87. The molecule has 0 heterocycles. The number of nitrogens with one attached hydrogen (secondary N) is 3. The Balaban J connectivity index is 2.77. The van der Waals surface area contributed by atoms with Crippen LogP contribution in [0.4, 0.5) is 0 Å². The van der Waals surface area contributed by atoms with E-state index in [-0.39, 0.29) is 17.4 Å². The van der Waals surface area contributed by atoms with Gasteiger partial charge in [0.15, 0.2) is 0 Å². The highest BCUT2D eigenvalue weighted by molar-refractivity contribution is 5.97. The Hall–Kier alpha value is -2.77. The number of hydrogen-bond acceptors (Lipinski definition) is 5. The van der Waals surface area contributed by atoms with E-state index in [0.29, 0.717) is 11.5 Å². The number of amides is 3. The molecule has 0 saturated heterocycles. The molecule has 0 aliphatic carbocycles. The van der Waals surface area contributed by atoms with E-state index in [4.69, 9.17) is 9.47 Å². The van der Waals surface area contributed by atoms with Crippen molar-refractivity contribution in [1.82, 2.24) is 16.2 Å². The smallest absolute Gasteiger partial charge is 0.269 e. The first kappa shape index (κ1) is 19.3. The van der Waals surface area contributed by atoms with Gasteiger partial charge in [-0.05, 0) is 18.1 Å². The molecule has 0 bridgehead atoms. The number of hydrazine groups is 1. The van der Waals surface area contributed by atoms with E-state index in [1.807, 2.05) is 0 Å². The third-order valence-electron chi connectivity index (χ3n) is 3.22. The molecular weight excluding hydrogens is 314 g/mol. The molecule has 0 aromatic heterocycles. The molecule has 8 nitrogen and oxygen atoms in total. The first-order valence-corrected chi connectivity index (χ1v) is 7.38. The van der Waals surface area contributed by atoms with Gasteiger partial charge in [-0.1, -0.05) is 13.8 Å². The lowest BCUT2D eigenvalue weighted by Gasteiger charge is -2.21. The van der Waals surface area contributed by atoms with Gasteiger partial charge in [-0.3, -0.25) is 25.2 Å². The van der Waals surface area contributed by atoms with Crippen molar-refractivity contribution in [2.45, 2.75) is 26.8 Å². The van der Waals surface area contributed by atoms with Crippen LogP contribution in [0.25, 0.3) is 0 Å². The number of rotatable bonds is 6. The Morgan fingerprint density at radius 3 is 1.92 bits per heavy atom. The number of methoxy groups -OCH3 is 2. The fourth-order valence-electron chi connectivity index (χ4n) is 1.96. The summed E-state index contributed by atoms with van der Waals surface area (Å²) >= 11 is 0. The van der Waals surface area contributed by atoms with Gasteiger partial charge < -0.3 is 14.8 Å². The fraction of sp³-hybridized carbons (Fsp3) is 0.438. The van der Waals surface area contributed by atoms with Gasteiger partial charge in [-0.15, -0.1) is 0 Å². The standard InChI is InChI=1S/C16H23N3O5/c1-9(2)14(17-10(3)20)16(22)19-18-15(21)11-6-12(23-4)8-13(7-11)24-5/h6-9,14H,1-5H3,(H,17,20)(H,18,21)(H,19,22)/t14-/m0/s1. The molecule has 3 N–H and O–H groups in total. The second-order valence-corrected chi connectivity index (χ2v) is 5.47. The summed E-state index contributed by atoms with van der Waals surface area (Å²) in [7, 11) is 2.94. The maximum Gasteiger partial charge on any atom is 0.269 e. The number of ether oxygens (including phenoxy) is 2. The van der Waals surface area contributed by atoms with Crippen LogP contribution in [0.2, 0.25) is 0 Å². The Morgan fingerprint density at radius 1 is 0.958 bits per heavy atom. The van der Waals surface area contributed by atoms with Gasteiger partial charge in [-0.2, -0.15) is 0 Å². The molecule has 0 unspecified atom stereocenters. The molecule has 1 atom stereocenters. The maximum atomic E-state index is 12.2. The van der Waals surface area contributed by atoms with E-state index in [1.54, 1.807) is 19.9 Å². The van der Waals surface area contributed by atoms with Crippen molar-refractivity contribution in [3.05, 3.63) is 23.8 Å². The van der Waals surface area contributed by atoms with Crippen molar-refractivity contribution in [2.24, 2.45) is 5.92 Å². The zero-order valence-electron chi connectivity index (χ0n) is 14.4. The van der Waals surface area contributed by atoms with Gasteiger partial charge in [-0.25, -0.2) is 0 Å². The number of carbonyl (C=O) groups excluding carboxylic acids is 3. The number of hydrogen-bond donors (Lipinski definition) is 3. The lowest BCUT2D eigenvalue weighted by molar-refractivity contribution is -0.129. The van der Waals surface area contributed by atoms with Crippen molar-refractivity contribution in [2.75, 3.05) is 14.2 Å². The molecule has 0 radical (unpaired) electrons. The van der Waals surface area contributed by atoms with E-state index in [1.165, 1.54) is 33.3 Å². The second kappa shape index (κ2) is 8.76. The van der Waals surface area contributed by atoms with Crippen molar-refractivity contribution < 1.29 is 23.9 Å². The van der Waals surface area contributed by atoms with Crippen LogP contribution in [0.1, 0.15) is 31.1 Å². The monoisotopic (exact) mass is 337 g/mol. The van der Waals surface area contributed by atoms with E-state index in [0.717, 1.165) is 0 Å². The SMILES string of the molecule is COc1cc(OC)cc(C(=O)NNC(=O)[C@@H](NC(C)=O)C(C)C)c1. The lowest BCUT2D eigenvalue weighted by atomic mass is 10.0. The van der Waals surface area contributed by atoms with Crippen LogP contribution in [-0.4, -0.2) is 38.0 Å². The molecule has 0 aliphatic rings. The van der Waals surface area contributed by atoms with Crippen molar-refractivity contribution in [3.63, 3.8) is 0 Å². The minimum atomic E-state index is -0.748. The highest BCUT2D eigenvalue weighted by Crippen LogP contribution is 2.22. The maximum absolute atomic E-state index is 12.2. The van der Waals surface area contributed by atoms with Crippen molar-refractivity contribution in [3.8, 4) is 11.5 Å². The molecule has 0 saturated carbocycles. The minimum absolute atomic E-state index is 0.136. The molecule has 1 aromatic carbocycles. The summed E-state index contributed by atoms with van der Waals surface area (Å²) in [6, 6.07) is 3.90. The van der Waals surface area contributed by atoms with Crippen LogP contribution in [0.15, 0.2) is 18.2 Å².